The zero-order valence-electron chi connectivity index (χ0n) is 12.8. The van der Waals surface area contributed by atoms with Crippen molar-refractivity contribution in [2.75, 3.05) is 18.4 Å². The van der Waals surface area contributed by atoms with Gasteiger partial charge in [-0.1, -0.05) is 28.1 Å². The second kappa shape index (κ2) is 7.55. The molecule has 0 saturated carbocycles. The molecular formula is C17H19BrN4O. The van der Waals surface area contributed by atoms with Crippen LogP contribution in [0.25, 0.3) is 0 Å². The van der Waals surface area contributed by atoms with Crippen LogP contribution in [0.15, 0.2) is 47.2 Å². The number of carbonyl (C=O) groups excluding carboxylic acids is 1. The molecule has 23 heavy (non-hydrogen) atoms. The lowest BCUT2D eigenvalue weighted by Gasteiger charge is -2.25. The number of likely N-dealkylation sites (tertiary alicyclic amines) is 1. The van der Waals surface area contributed by atoms with Gasteiger partial charge in [-0.2, -0.15) is 0 Å². The number of amides is 1. The van der Waals surface area contributed by atoms with Crippen molar-refractivity contribution in [2.45, 2.75) is 25.3 Å². The zero-order chi connectivity index (χ0) is 16.1. The van der Waals surface area contributed by atoms with Crippen LogP contribution in [-0.4, -0.2) is 33.9 Å². The van der Waals surface area contributed by atoms with Crippen molar-refractivity contribution in [1.82, 2.24) is 14.9 Å². The molecule has 2 heterocycles. The third kappa shape index (κ3) is 4.07. The lowest BCUT2D eigenvalue weighted by molar-refractivity contribution is -0.131. The van der Waals surface area contributed by atoms with Crippen LogP contribution in [0.4, 0.5) is 5.95 Å². The minimum absolute atomic E-state index is 0.177. The van der Waals surface area contributed by atoms with Crippen molar-refractivity contribution < 1.29 is 4.79 Å². The molecule has 1 saturated heterocycles. The van der Waals surface area contributed by atoms with Crippen LogP contribution in [0.2, 0.25) is 0 Å². The second-order valence-corrected chi connectivity index (χ2v) is 6.47. The molecule has 1 N–H and O–H groups in total. The lowest BCUT2D eigenvalue weighted by Crippen LogP contribution is -2.31. The maximum atomic E-state index is 12.5. The van der Waals surface area contributed by atoms with E-state index in [1.54, 1.807) is 18.5 Å². The van der Waals surface area contributed by atoms with E-state index in [1.165, 1.54) is 5.56 Å². The van der Waals surface area contributed by atoms with E-state index in [2.05, 4.69) is 43.3 Å². The molecule has 2 aromatic rings. The molecule has 0 bridgehead atoms. The average Bonchev–Trinajstić information content (AvgIpc) is 3.05. The van der Waals surface area contributed by atoms with Gasteiger partial charge in [0.25, 0.3) is 0 Å². The van der Waals surface area contributed by atoms with Gasteiger partial charge >= 0.3 is 0 Å². The molecule has 5 nitrogen and oxygen atoms in total. The van der Waals surface area contributed by atoms with E-state index < -0.39 is 0 Å². The number of rotatable bonds is 5. The number of hydrogen-bond donors (Lipinski definition) is 1. The first-order chi connectivity index (χ1) is 11.2. The molecule has 1 aliphatic rings. The number of hydrogen-bond acceptors (Lipinski definition) is 4. The lowest BCUT2D eigenvalue weighted by atomic mass is 10.0. The van der Waals surface area contributed by atoms with E-state index in [0.29, 0.717) is 18.9 Å². The predicted octanol–water partition coefficient (Wildman–Crippen LogP) is 3.40. The highest BCUT2D eigenvalue weighted by Gasteiger charge is 2.29. The number of carbonyl (C=O) groups is 1. The molecule has 3 rings (SSSR count). The number of benzene rings is 1. The molecule has 120 valence electrons. The number of nitrogens with one attached hydrogen (secondary N) is 1. The van der Waals surface area contributed by atoms with Crippen LogP contribution < -0.4 is 5.32 Å². The molecule has 0 radical (unpaired) electrons. The normalized spacial score (nSPS) is 17.3. The molecule has 0 aliphatic carbocycles. The summed E-state index contributed by atoms with van der Waals surface area (Å²) in [5.74, 6) is 0.737. The van der Waals surface area contributed by atoms with Crippen LogP contribution in [0.5, 0.6) is 0 Å². The van der Waals surface area contributed by atoms with Crippen LogP contribution in [0.1, 0.15) is 30.9 Å². The quantitative estimate of drug-likeness (QED) is 0.870. The van der Waals surface area contributed by atoms with Crippen LogP contribution >= 0.6 is 15.9 Å². The van der Waals surface area contributed by atoms with Crippen molar-refractivity contribution >= 4 is 27.8 Å². The molecule has 0 spiro atoms. The van der Waals surface area contributed by atoms with Gasteiger partial charge in [0.15, 0.2) is 0 Å². The Morgan fingerprint density at radius 1 is 1.30 bits per heavy atom. The van der Waals surface area contributed by atoms with E-state index in [1.807, 2.05) is 17.0 Å². The fourth-order valence-corrected chi connectivity index (χ4v) is 3.36. The summed E-state index contributed by atoms with van der Waals surface area (Å²) in [6.07, 6.45) is 5.89. The van der Waals surface area contributed by atoms with Gasteiger partial charge in [-0.05, 0) is 36.6 Å². The average molecular weight is 375 g/mol. The molecule has 1 aliphatic heterocycles. The number of anilines is 1. The second-order valence-electron chi connectivity index (χ2n) is 5.55. The standard InChI is InChI=1S/C17H19BrN4O/c18-14-5-1-4-13(12-14)15-6-2-11-22(15)16(23)7-10-21-17-19-8-3-9-20-17/h1,3-5,8-9,12,15H,2,6-7,10-11H2,(H,19,20,21). The number of nitrogens with zero attached hydrogens (tertiary/aromatic N) is 3. The first-order valence-corrected chi connectivity index (χ1v) is 8.59. The maximum Gasteiger partial charge on any atom is 0.224 e. The van der Waals surface area contributed by atoms with Gasteiger partial charge in [-0.3, -0.25) is 4.79 Å². The fourth-order valence-electron chi connectivity index (χ4n) is 2.94. The third-order valence-electron chi connectivity index (χ3n) is 3.99. The zero-order valence-corrected chi connectivity index (χ0v) is 14.4. The first kappa shape index (κ1) is 15.9. The highest BCUT2D eigenvalue weighted by atomic mass is 79.9. The van der Waals surface area contributed by atoms with Gasteiger partial charge in [0.2, 0.25) is 11.9 Å². The van der Waals surface area contributed by atoms with E-state index >= 15 is 0 Å². The Balaban J connectivity index is 1.58. The SMILES string of the molecule is O=C(CCNc1ncccn1)N1CCCC1c1cccc(Br)c1. The summed E-state index contributed by atoms with van der Waals surface area (Å²) in [4.78, 5) is 22.7. The Bertz CT molecular complexity index is 665. The van der Waals surface area contributed by atoms with Crippen LogP contribution in [-0.2, 0) is 4.79 Å². The largest absolute Gasteiger partial charge is 0.354 e. The summed E-state index contributed by atoms with van der Waals surface area (Å²) in [6.45, 7) is 1.38. The summed E-state index contributed by atoms with van der Waals surface area (Å²) in [5, 5.41) is 3.09. The predicted molar refractivity (Wildman–Crippen MR) is 93.0 cm³/mol. The molecule has 1 fully saturated rings. The summed E-state index contributed by atoms with van der Waals surface area (Å²) in [5.41, 5.74) is 1.20. The van der Waals surface area contributed by atoms with E-state index in [-0.39, 0.29) is 11.9 Å². The summed E-state index contributed by atoms with van der Waals surface area (Å²) < 4.78 is 1.05. The van der Waals surface area contributed by atoms with Crippen LogP contribution in [0.3, 0.4) is 0 Å². The van der Waals surface area contributed by atoms with E-state index in [4.69, 9.17) is 0 Å². The van der Waals surface area contributed by atoms with Gasteiger partial charge in [-0.25, -0.2) is 9.97 Å². The van der Waals surface area contributed by atoms with Gasteiger partial charge in [0.1, 0.15) is 0 Å². The molecule has 1 atom stereocenters. The molecule has 1 amide bonds. The number of halogens is 1. The molecule has 1 unspecified atom stereocenters. The van der Waals surface area contributed by atoms with Crippen molar-refractivity contribution in [3.05, 3.63) is 52.8 Å². The van der Waals surface area contributed by atoms with Gasteiger partial charge in [-0.15, -0.1) is 0 Å². The highest BCUT2D eigenvalue weighted by molar-refractivity contribution is 9.10. The molecule has 1 aromatic heterocycles. The highest BCUT2D eigenvalue weighted by Crippen LogP contribution is 2.33. The van der Waals surface area contributed by atoms with Crippen molar-refractivity contribution in [3.63, 3.8) is 0 Å². The van der Waals surface area contributed by atoms with Gasteiger partial charge < -0.3 is 10.2 Å². The van der Waals surface area contributed by atoms with Crippen LogP contribution in [0, 0.1) is 0 Å². The van der Waals surface area contributed by atoms with Crippen molar-refractivity contribution in [1.29, 1.82) is 0 Å². The molecule has 6 heteroatoms. The topological polar surface area (TPSA) is 58.1 Å². The van der Waals surface area contributed by atoms with E-state index in [0.717, 1.165) is 23.9 Å². The third-order valence-corrected chi connectivity index (χ3v) is 4.49. The van der Waals surface area contributed by atoms with Crippen molar-refractivity contribution in [3.8, 4) is 0 Å². The van der Waals surface area contributed by atoms with Crippen molar-refractivity contribution in [2.24, 2.45) is 0 Å². The summed E-state index contributed by atoms with van der Waals surface area (Å²) in [7, 11) is 0. The smallest absolute Gasteiger partial charge is 0.224 e. The van der Waals surface area contributed by atoms with Gasteiger partial charge in [0, 0.05) is 36.4 Å². The Morgan fingerprint density at radius 2 is 2.13 bits per heavy atom. The minimum atomic E-state index is 0.177. The van der Waals surface area contributed by atoms with E-state index in [9.17, 15) is 4.79 Å². The molecular weight excluding hydrogens is 356 g/mol. The monoisotopic (exact) mass is 374 g/mol. The molecule has 1 aromatic carbocycles. The Kier molecular flexibility index (Phi) is 5.23. The summed E-state index contributed by atoms with van der Waals surface area (Å²) >= 11 is 3.51. The Morgan fingerprint density at radius 3 is 2.91 bits per heavy atom. The Labute approximate surface area is 144 Å². The fraction of sp³-hybridized carbons (Fsp3) is 0.353. The van der Waals surface area contributed by atoms with Gasteiger partial charge in [0.05, 0.1) is 6.04 Å². The number of aromatic nitrogens is 2. The minimum Gasteiger partial charge on any atom is -0.354 e. The first-order valence-electron chi connectivity index (χ1n) is 7.80. The maximum absolute atomic E-state index is 12.5. The Hall–Kier alpha value is -1.95. The summed E-state index contributed by atoms with van der Waals surface area (Å²) in [6, 6.07) is 10.2.